The van der Waals surface area contributed by atoms with Crippen LogP contribution < -0.4 is 10.1 Å². The molecule has 1 aromatic rings. The van der Waals surface area contributed by atoms with Crippen LogP contribution in [-0.2, 0) is 14.4 Å². The summed E-state index contributed by atoms with van der Waals surface area (Å²) in [4.78, 5) is 34.8. The zero-order valence-electron chi connectivity index (χ0n) is 14.1. The molecule has 1 aromatic carbocycles. The van der Waals surface area contributed by atoms with E-state index in [0.717, 1.165) is 17.1 Å². The third kappa shape index (κ3) is 5.97. The summed E-state index contributed by atoms with van der Waals surface area (Å²) in [6.45, 7) is 0. The summed E-state index contributed by atoms with van der Waals surface area (Å²) < 4.78 is 40.4. The van der Waals surface area contributed by atoms with Crippen LogP contribution in [-0.4, -0.2) is 47.0 Å². The number of aliphatic carboxylic acids is 1. The van der Waals surface area contributed by atoms with Crippen LogP contribution in [0.5, 0.6) is 5.75 Å². The molecule has 0 aliphatic carbocycles. The first-order valence-corrected chi connectivity index (χ1v) is 7.77. The van der Waals surface area contributed by atoms with Gasteiger partial charge in [-0.05, 0) is 17.7 Å². The Kier molecular flexibility index (Phi) is 6.03. The van der Waals surface area contributed by atoms with Crippen LogP contribution in [0.25, 0.3) is 0 Å². The van der Waals surface area contributed by atoms with Crippen molar-refractivity contribution in [3.05, 3.63) is 29.8 Å². The summed E-state index contributed by atoms with van der Waals surface area (Å²) >= 11 is 0. The van der Waals surface area contributed by atoms with Crippen molar-refractivity contribution >= 4 is 23.5 Å². The Hall–Kier alpha value is -3.11. The van der Waals surface area contributed by atoms with E-state index < -0.39 is 36.5 Å². The van der Waals surface area contributed by atoms with Gasteiger partial charge in [0.1, 0.15) is 11.5 Å². The lowest BCUT2D eigenvalue weighted by molar-refractivity contribution is -0.274. The normalized spacial score (nSPS) is 15.8. The molecule has 0 fully saturated rings. The molecular weight excluding hydrogens is 371 g/mol. The minimum Gasteiger partial charge on any atom is -0.481 e. The lowest BCUT2D eigenvalue weighted by Gasteiger charge is -2.22. The second kappa shape index (κ2) is 8.06. The average Bonchev–Trinajstić information content (AvgIpc) is 2.55. The molecule has 146 valence electrons. The third-order valence-electron chi connectivity index (χ3n) is 3.67. The van der Waals surface area contributed by atoms with Crippen LogP contribution in [0.4, 0.5) is 13.2 Å². The van der Waals surface area contributed by atoms with Crippen molar-refractivity contribution in [2.75, 3.05) is 7.05 Å². The number of carbonyl (C=O) groups is 3. The highest BCUT2D eigenvalue weighted by Gasteiger charge is 2.31. The molecule has 27 heavy (non-hydrogen) atoms. The molecule has 2 rings (SSSR count). The van der Waals surface area contributed by atoms with E-state index in [0.29, 0.717) is 0 Å². The fourth-order valence-electron chi connectivity index (χ4n) is 2.40. The molecule has 2 amide bonds. The van der Waals surface area contributed by atoms with E-state index in [9.17, 15) is 27.6 Å². The number of alkyl halides is 3. The zero-order valence-corrected chi connectivity index (χ0v) is 14.1. The SMILES string of the molecule is CN1N=C(C(=O)NC(CC(=O)O)c2ccc(OC(F)(F)F)cc2)CCC1=O. The summed E-state index contributed by atoms with van der Waals surface area (Å²) in [5, 5.41) is 16.4. The highest BCUT2D eigenvalue weighted by Crippen LogP contribution is 2.25. The fraction of sp³-hybridized carbons (Fsp3) is 0.375. The van der Waals surface area contributed by atoms with E-state index in [1.54, 1.807) is 0 Å². The van der Waals surface area contributed by atoms with Gasteiger partial charge in [0, 0.05) is 19.9 Å². The Morgan fingerprint density at radius 3 is 2.44 bits per heavy atom. The molecule has 11 heteroatoms. The van der Waals surface area contributed by atoms with Crippen LogP contribution in [0.1, 0.15) is 30.9 Å². The first-order chi connectivity index (χ1) is 12.5. The zero-order chi connectivity index (χ0) is 20.2. The van der Waals surface area contributed by atoms with Crippen molar-refractivity contribution in [1.82, 2.24) is 10.3 Å². The number of nitrogens with one attached hydrogen (secondary N) is 1. The quantitative estimate of drug-likeness (QED) is 0.774. The number of carbonyl (C=O) groups excluding carboxylic acids is 2. The maximum atomic E-state index is 12.3. The van der Waals surface area contributed by atoms with E-state index in [1.165, 1.54) is 19.2 Å². The van der Waals surface area contributed by atoms with Gasteiger partial charge >= 0.3 is 12.3 Å². The lowest BCUT2D eigenvalue weighted by atomic mass is 10.0. The van der Waals surface area contributed by atoms with Crippen molar-refractivity contribution < 1.29 is 37.4 Å². The number of hydrogen-bond donors (Lipinski definition) is 2. The minimum atomic E-state index is -4.85. The first kappa shape index (κ1) is 20.2. The lowest BCUT2D eigenvalue weighted by Crippen LogP contribution is -2.39. The second-order valence-electron chi connectivity index (χ2n) is 5.70. The van der Waals surface area contributed by atoms with Gasteiger partial charge in [-0.2, -0.15) is 5.10 Å². The number of hydrogen-bond acceptors (Lipinski definition) is 5. The molecule has 1 aliphatic rings. The van der Waals surface area contributed by atoms with E-state index in [-0.39, 0.29) is 30.0 Å². The van der Waals surface area contributed by atoms with E-state index in [4.69, 9.17) is 5.11 Å². The molecule has 1 heterocycles. The Bertz CT molecular complexity index is 762. The van der Waals surface area contributed by atoms with Crippen LogP contribution in [0.3, 0.4) is 0 Å². The van der Waals surface area contributed by atoms with Gasteiger partial charge in [-0.3, -0.25) is 14.4 Å². The number of benzene rings is 1. The van der Waals surface area contributed by atoms with Crippen molar-refractivity contribution in [3.8, 4) is 5.75 Å². The number of nitrogens with zero attached hydrogens (tertiary/aromatic N) is 2. The van der Waals surface area contributed by atoms with Gasteiger partial charge in [0.05, 0.1) is 12.5 Å². The summed E-state index contributed by atoms with van der Waals surface area (Å²) in [7, 11) is 1.39. The standard InChI is InChI=1S/C16H16F3N3O5/c1-22-13(23)7-6-11(21-22)15(26)20-12(8-14(24)25)9-2-4-10(5-3-9)27-16(17,18)19/h2-5,12H,6-8H2,1H3,(H,20,26)(H,24,25). The van der Waals surface area contributed by atoms with E-state index in [1.807, 2.05) is 0 Å². The van der Waals surface area contributed by atoms with Crippen LogP contribution in [0.15, 0.2) is 29.4 Å². The van der Waals surface area contributed by atoms with Gasteiger partial charge in [0.2, 0.25) is 5.91 Å². The summed E-state index contributed by atoms with van der Waals surface area (Å²) in [5.41, 5.74) is 0.339. The largest absolute Gasteiger partial charge is 0.573 e. The van der Waals surface area contributed by atoms with Gasteiger partial charge < -0.3 is 15.2 Å². The van der Waals surface area contributed by atoms with Gasteiger partial charge in [-0.25, -0.2) is 5.01 Å². The number of hydrazone groups is 1. The number of carboxylic acids is 1. The number of halogens is 3. The van der Waals surface area contributed by atoms with Crippen LogP contribution >= 0.6 is 0 Å². The number of carboxylic acid groups (broad SMARTS) is 1. The van der Waals surface area contributed by atoms with Crippen molar-refractivity contribution in [2.45, 2.75) is 31.7 Å². The highest BCUT2D eigenvalue weighted by molar-refractivity contribution is 6.39. The molecule has 8 nitrogen and oxygen atoms in total. The molecular formula is C16H16F3N3O5. The maximum Gasteiger partial charge on any atom is 0.573 e. The molecule has 0 bridgehead atoms. The molecule has 0 saturated carbocycles. The van der Waals surface area contributed by atoms with Gasteiger partial charge in [-0.15, -0.1) is 13.2 Å². The number of ether oxygens (including phenoxy) is 1. The minimum absolute atomic E-state index is 0.0597. The van der Waals surface area contributed by atoms with Crippen LogP contribution in [0, 0.1) is 0 Å². The van der Waals surface area contributed by atoms with Crippen molar-refractivity contribution in [1.29, 1.82) is 0 Å². The molecule has 0 spiro atoms. The maximum absolute atomic E-state index is 12.3. The van der Waals surface area contributed by atoms with Crippen LogP contribution in [0.2, 0.25) is 0 Å². The molecule has 1 unspecified atom stereocenters. The Morgan fingerprint density at radius 1 is 1.30 bits per heavy atom. The van der Waals surface area contributed by atoms with E-state index in [2.05, 4.69) is 15.2 Å². The van der Waals surface area contributed by atoms with Crippen molar-refractivity contribution in [3.63, 3.8) is 0 Å². The second-order valence-corrected chi connectivity index (χ2v) is 5.70. The number of rotatable bonds is 6. The molecule has 2 N–H and O–H groups in total. The topological polar surface area (TPSA) is 108 Å². The van der Waals surface area contributed by atoms with Gasteiger partial charge in [0.25, 0.3) is 5.91 Å². The summed E-state index contributed by atoms with van der Waals surface area (Å²) in [6, 6.07) is 3.50. The molecule has 1 atom stereocenters. The molecule has 0 radical (unpaired) electrons. The van der Waals surface area contributed by atoms with Gasteiger partial charge in [0.15, 0.2) is 0 Å². The average molecular weight is 387 g/mol. The first-order valence-electron chi connectivity index (χ1n) is 7.77. The predicted octanol–water partition coefficient (Wildman–Crippen LogP) is 1.83. The summed E-state index contributed by atoms with van der Waals surface area (Å²) in [6.07, 6.45) is -5.14. The van der Waals surface area contributed by atoms with Crippen molar-refractivity contribution in [2.24, 2.45) is 5.10 Å². The highest BCUT2D eigenvalue weighted by atomic mass is 19.4. The smallest absolute Gasteiger partial charge is 0.481 e. The Labute approximate surface area is 151 Å². The predicted molar refractivity (Wildman–Crippen MR) is 85.7 cm³/mol. The number of amides is 2. The molecule has 0 saturated heterocycles. The summed E-state index contributed by atoms with van der Waals surface area (Å²) in [5.74, 6) is -2.60. The Morgan fingerprint density at radius 2 is 1.93 bits per heavy atom. The molecule has 0 aromatic heterocycles. The monoisotopic (exact) mass is 387 g/mol. The Balaban J connectivity index is 2.15. The fourth-order valence-corrected chi connectivity index (χ4v) is 2.40. The molecule has 1 aliphatic heterocycles. The third-order valence-corrected chi connectivity index (χ3v) is 3.67. The van der Waals surface area contributed by atoms with Gasteiger partial charge in [-0.1, -0.05) is 12.1 Å². The van der Waals surface area contributed by atoms with E-state index >= 15 is 0 Å².